The maximum Gasteiger partial charge on any atom is 0.264 e. The van der Waals surface area contributed by atoms with Gasteiger partial charge in [-0.05, 0) is 49.6 Å². The Morgan fingerprint density at radius 3 is 2.74 bits per heavy atom. The highest BCUT2D eigenvalue weighted by Crippen LogP contribution is 2.32. The number of aromatic nitrogens is 5. The Hall–Kier alpha value is -3.23. The Balaban J connectivity index is 1.20. The summed E-state index contributed by atoms with van der Waals surface area (Å²) in [6.07, 6.45) is 3.77. The second-order valence-corrected chi connectivity index (χ2v) is 10.2. The van der Waals surface area contributed by atoms with E-state index >= 15 is 0 Å². The van der Waals surface area contributed by atoms with Crippen LogP contribution in [0.4, 0.5) is 0 Å². The van der Waals surface area contributed by atoms with Gasteiger partial charge in [0, 0.05) is 35.6 Å². The summed E-state index contributed by atoms with van der Waals surface area (Å²) in [5.74, 6) is 1.38. The van der Waals surface area contributed by atoms with E-state index in [2.05, 4.69) is 14.6 Å². The fourth-order valence-corrected chi connectivity index (χ4v) is 6.07. The number of carbonyl (C=O) groups is 1. The molecule has 6 rings (SSSR count). The first-order chi connectivity index (χ1) is 16.6. The van der Waals surface area contributed by atoms with Crippen LogP contribution >= 0.6 is 22.9 Å². The Labute approximate surface area is 205 Å². The minimum atomic E-state index is 0.0921. The van der Waals surface area contributed by atoms with Gasteiger partial charge >= 0.3 is 0 Å². The molecular formula is C25H23ClN6OS. The summed E-state index contributed by atoms with van der Waals surface area (Å²) in [7, 11) is 0. The lowest BCUT2D eigenvalue weighted by Gasteiger charge is -2.31. The summed E-state index contributed by atoms with van der Waals surface area (Å²) < 4.78 is 4.01. The molecular weight excluding hydrogens is 468 g/mol. The van der Waals surface area contributed by atoms with Crippen molar-refractivity contribution in [2.75, 3.05) is 13.1 Å². The number of fused-ring (bicyclic) bond motifs is 2. The van der Waals surface area contributed by atoms with Gasteiger partial charge < -0.3 is 4.90 Å². The van der Waals surface area contributed by atoms with Crippen molar-refractivity contribution in [3.05, 3.63) is 81.7 Å². The minimum absolute atomic E-state index is 0.0921. The number of pyridine rings is 1. The molecule has 0 radical (unpaired) electrons. The molecule has 0 N–H and O–H groups in total. The molecule has 0 unspecified atom stereocenters. The average Bonchev–Trinajstić information content (AvgIpc) is 3.56. The molecule has 7 nitrogen and oxygen atoms in total. The topological polar surface area (TPSA) is 68.3 Å². The number of benzene rings is 1. The monoisotopic (exact) mass is 490 g/mol. The first-order valence-corrected chi connectivity index (χ1v) is 12.6. The molecule has 5 heterocycles. The number of piperidine rings is 1. The van der Waals surface area contributed by atoms with E-state index in [0.29, 0.717) is 25.6 Å². The summed E-state index contributed by atoms with van der Waals surface area (Å²) >= 11 is 7.87. The number of nitrogens with zero attached hydrogens (tertiary/aromatic N) is 6. The summed E-state index contributed by atoms with van der Waals surface area (Å²) in [4.78, 5) is 17.1. The molecule has 0 bridgehead atoms. The molecule has 0 spiro atoms. The molecule has 34 heavy (non-hydrogen) atoms. The Morgan fingerprint density at radius 1 is 1.12 bits per heavy atom. The van der Waals surface area contributed by atoms with Gasteiger partial charge in [-0.25, -0.2) is 0 Å². The number of aryl methyl sites for hydroxylation is 1. The van der Waals surface area contributed by atoms with Crippen LogP contribution in [0.1, 0.15) is 45.5 Å². The fourth-order valence-electron chi connectivity index (χ4n) is 4.75. The molecule has 1 aliphatic heterocycles. The third kappa shape index (κ3) is 3.67. The van der Waals surface area contributed by atoms with Crippen LogP contribution in [-0.2, 0) is 6.54 Å². The van der Waals surface area contributed by atoms with Crippen LogP contribution in [0.3, 0.4) is 0 Å². The molecule has 0 saturated carbocycles. The quantitative estimate of drug-likeness (QED) is 0.348. The lowest BCUT2D eigenvalue weighted by atomic mass is 9.96. The third-order valence-electron chi connectivity index (χ3n) is 6.58. The number of halogens is 1. The molecule has 1 aliphatic rings. The second-order valence-electron chi connectivity index (χ2n) is 8.72. The second kappa shape index (κ2) is 8.52. The molecule has 1 fully saturated rings. The van der Waals surface area contributed by atoms with E-state index < -0.39 is 0 Å². The van der Waals surface area contributed by atoms with Crippen molar-refractivity contribution in [3.63, 3.8) is 0 Å². The Bertz CT molecular complexity index is 1510. The van der Waals surface area contributed by atoms with E-state index in [4.69, 9.17) is 16.7 Å². The molecule has 0 aliphatic carbocycles. The minimum Gasteiger partial charge on any atom is -0.338 e. The van der Waals surface area contributed by atoms with Gasteiger partial charge in [-0.15, -0.1) is 21.5 Å². The van der Waals surface area contributed by atoms with Gasteiger partial charge in [0.15, 0.2) is 5.65 Å². The van der Waals surface area contributed by atoms with Crippen molar-refractivity contribution in [2.24, 2.45) is 0 Å². The lowest BCUT2D eigenvalue weighted by Crippen LogP contribution is -2.37. The van der Waals surface area contributed by atoms with Gasteiger partial charge in [0.25, 0.3) is 5.91 Å². The predicted molar refractivity (Wildman–Crippen MR) is 134 cm³/mol. The number of hydrogen-bond acceptors (Lipinski definition) is 5. The maximum atomic E-state index is 13.4. The summed E-state index contributed by atoms with van der Waals surface area (Å²) in [5.41, 5.74) is 2.80. The van der Waals surface area contributed by atoms with E-state index in [1.54, 1.807) is 0 Å². The van der Waals surface area contributed by atoms with Gasteiger partial charge in [0.05, 0.1) is 17.1 Å². The standard InChI is InChI=1S/C25H23ClN6OS/c1-16-19-14-21(34-25(19)32(29-16)15-18-6-2-3-7-20(18)26)24(33)30-12-9-17(10-13-30)23-28-27-22-8-4-5-11-31(22)23/h2-8,11,14,17H,9-10,12-13,15H2,1H3. The third-order valence-corrected chi connectivity index (χ3v) is 8.09. The maximum absolute atomic E-state index is 13.4. The Kier molecular flexibility index (Phi) is 5.34. The molecule has 1 aromatic carbocycles. The zero-order valence-electron chi connectivity index (χ0n) is 18.7. The highest BCUT2D eigenvalue weighted by Gasteiger charge is 2.28. The normalized spacial score (nSPS) is 14.9. The fraction of sp³-hybridized carbons (Fsp3) is 0.280. The number of rotatable bonds is 4. The van der Waals surface area contributed by atoms with Crippen LogP contribution in [0, 0.1) is 6.92 Å². The molecule has 172 valence electrons. The van der Waals surface area contributed by atoms with E-state index in [0.717, 1.165) is 55.7 Å². The molecule has 5 aromatic rings. The van der Waals surface area contributed by atoms with Gasteiger partial charge in [0.2, 0.25) is 0 Å². The predicted octanol–water partition coefficient (Wildman–Crippen LogP) is 5.17. The Morgan fingerprint density at radius 2 is 1.91 bits per heavy atom. The SMILES string of the molecule is Cc1nn(Cc2ccccc2Cl)c2sc(C(=O)N3CCC(c4nnc5ccccn45)CC3)cc12. The molecule has 9 heteroatoms. The number of carbonyl (C=O) groups excluding carboxylic acids is 1. The van der Waals surface area contributed by atoms with Crippen LogP contribution < -0.4 is 0 Å². The van der Waals surface area contributed by atoms with Crippen LogP contribution in [0.5, 0.6) is 0 Å². The molecule has 1 amide bonds. The van der Waals surface area contributed by atoms with Gasteiger partial charge in [-0.3, -0.25) is 13.9 Å². The van der Waals surface area contributed by atoms with E-state index in [1.165, 1.54) is 11.3 Å². The van der Waals surface area contributed by atoms with Crippen molar-refractivity contribution in [1.29, 1.82) is 0 Å². The highest BCUT2D eigenvalue weighted by molar-refractivity contribution is 7.20. The number of thiophene rings is 1. The van der Waals surface area contributed by atoms with Crippen LogP contribution in [0.15, 0.2) is 54.7 Å². The summed E-state index contributed by atoms with van der Waals surface area (Å²) in [6.45, 7) is 3.99. The smallest absolute Gasteiger partial charge is 0.264 e. The van der Waals surface area contributed by atoms with Crippen LogP contribution in [0.2, 0.25) is 5.02 Å². The highest BCUT2D eigenvalue weighted by atomic mass is 35.5. The van der Waals surface area contributed by atoms with E-state index in [1.807, 2.05) is 71.2 Å². The van der Waals surface area contributed by atoms with Gasteiger partial charge in [-0.2, -0.15) is 5.10 Å². The van der Waals surface area contributed by atoms with Crippen molar-refractivity contribution in [3.8, 4) is 0 Å². The largest absolute Gasteiger partial charge is 0.338 e. The summed E-state index contributed by atoms with van der Waals surface area (Å²) in [6, 6.07) is 15.7. The van der Waals surface area contributed by atoms with Crippen LogP contribution in [0.25, 0.3) is 15.9 Å². The number of likely N-dealkylation sites (tertiary alicyclic amines) is 1. The van der Waals surface area contributed by atoms with E-state index in [9.17, 15) is 4.79 Å². The lowest BCUT2D eigenvalue weighted by molar-refractivity contribution is 0.0716. The van der Waals surface area contributed by atoms with Crippen LogP contribution in [-0.4, -0.2) is 48.3 Å². The van der Waals surface area contributed by atoms with Crippen molar-refractivity contribution in [2.45, 2.75) is 32.2 Å². The number of hydrogen-bond donors (Lipinski definition) is 0. The zero-order valence-corrected chi connectivity index (χ0v) is 20.3. The van der Waals surface area contributed by atoms with Gasteiger partial charge in [0.1, 0.15) is 10.7 Å². The molecule has 1 saturated heterocycles. The van der Waals surface area contributed by atoms with E-state index in [-0.39, 0.29) is 5.91 Å². The molecule has 0 atom stereocenters. The zero-order chi connectivity index (χ0) is 23.2. The number of amides is 1. The van der Waals surface area contributed by atoms with Gasteiger partial charge in [-0.1, -0.05) is 35.9 Å². The van der Waals surface area contributed by atoms with Crippen molar-refractivity contribution >= 4 is 44.7 Å². The molecule has 4 aromatic heterocycles. The summed E-state index contributed by atoms with van der Waals surface area (Å²) in [5, 5.41) is 15.2. The average molecular weight is 491 g/mol. The van der Waals surface area contributed by atoms with Crippen molar-refractivity contribution < 1.29 is 4.79 Å². The first kappa shape index (κ1) is 21.3. The first-order valence-electron chi connectivity index (χ1n) is 11.4. The van der Waals surface area contributed by atoms with Crippen molar-refractivity contribution in [1.82, 2.24) is 29.3 Å².